The molecule has 0 aliphatic carbocycles. The minimum absolute atomic E-state index is 0.0463. The standard InChI is InChI=1S/C27H36FN3O3/c1-27(2,3)16-25(32)29-22-11-12-24(30(4)5)20(15-22)17-31(18-23-10-7-13-34-23)26(33)19-8-6-9-21(28)14-19/h6,8-9,11-12,14-15,23H,7,10,13,16-18H2,1-5H3,(H,29,32). The highest BCUT2D eigenvalue weighted by atomic mass is 19.1. The Hall–Kier alpha value is -2.93. The number of ether oxygens (including phenoxy) is 1. The molecule has 0 radical (unpaired) electrons. The molecular formula is C27H36FN3O3. The fraction of sp³-hybridized carbons (Fsp3) is 0.481. The molecule has 0 spiro atoms. The predicted octanol–water partition coefficient (Wildman–Crippen LogP) is 5.09. The number of hydrogen-bond donors (Lipinski definition) is 1. The number of carbonyl (C=O) groups is 2. The molecule has 1 N–H and O–H groups in total. The number of carbonyl (C=O) groups excluding carboxylic acids is 2. The summed E-state index contributed by atoms with van der Waals surface area (Å²) >= 11 is 0. The first kappa shape index (κ1) is 25.7. The average Bonchev–Trinajstić information content (AvgIpc) is 3.24. The molecule has 34 heavy (non-hydrogen) atoms. The monoisotopic (exact) mass is 469 g/mol. The van der Waals surface area contributed by atoms with Crippen LogP contribution in [0.5, 0.6) is 0 Å². The van der Waals surface area contributed by atoms with E-state index >= 15 is 0 Å². The summed E-state index contributed by atoms with van der Waals surface area (Å²) in [5.41, 5.74) is 2.70. The minimum Gasteiger partial charge on any atom is -0.377 e. The van der Waals surface area contributed by atoms with Gasteiger partial charge in [0.2, 0.25) is 5.91 Å². The van der Waals surface area contributed by atoms with Gasteiger partial charge in [-0.15, -0.1) is 0 Å². The molecule has 6 nitrogen and oxygen atoms in total. The Morgan fingerprint density at radius 3 is 2.53 bits per heavy atom. The van der Waals surface area contributed by atoms with Crippen LogP contribution in [0, 0.1) is 11.2 Å². The highest BCUT2D eigenvalue weighted by Gasteiger charge is 2.25. The smallest absolute Gasteiger partial charge is 0.254 e. The Morgan fingerprint density at radius 1 is 1.15 bits per heavy atom. The third kappa shape index (κ3) is 7.29. The molecule has 1 atom stereocenters. The lowest BCUT2D eigenvalue weighted by Gasteiger charge is -2.28. The number of hydrogen-bond acceptors (Lipinski definition) is 4. The second kappa shape index (κ2) is 11.0. The van der Waals surface area contributed by atoms with Gasteiger partial charge in [-0.25, -0.2) is 4.39 Å². The van der Waals surface area contributed by atoms with Crippen LogP contribution in [-0.4, -0.2) is 50.1 Å². The number of halogens is 1. The van der Waals surface area contributed by atoms with Crippen LogP contribution in [-0.2, 0) is 16.1 Å². The van der Waals surface area contributed by atoms with Crippen molar-refractivity contribution in [3.05, 3.63) is 59.4 Å². The van der Waals surface area contributed by atoms with Crippen molar-refractivity contribution in [1.29, 1.82) is 0 Å². The summed E-state index contributed by atoms with van der Waals surface area (Å²) in [4.78, 5) is 29.6. The minimum atomic E-state index is -0.444. The molecule has 2 amide bonds. The van der Waals surface area contributed by atoms with Crippen LogP contribution in [0.4, 0.5) is 15.8 Å². The van der Waals surface area contributed by atoms with Gasteiger partial charge in [0.15, 0.2) is 0 Å². The van der Waals surface area contributed by atoms with Crippen LogP contribution >= 0.6 is 0 Å². The van der Waals surface area contributed by atoms with Crippen molar-refractivity contribution < 1.29 is 18.7 Å². The molecule has 1 heterocycles. The fourth-order valence-corrected chi connectivity index (χ4v) is 4.18. The molecule has 1 saturated heterocycles. The Bertz CT molecular complexity index is 1010. The van der Waals surface area contributed by atoms with E-state index in [0.717, 1.165) is 24.1 Å². The summed E-state index contributed by atoms with van der Waals surface area (Å²) in [5.74, 6) is -0.745. The second-order valence-electron chi connectivity index (χ2n) is 10.4. The largest absolute Gasteiger partial charge is 0.377 e. The molecule has 2 aromatic carbocycles. The molecule has 2 aromatic rings. The Kier molecular flexibility index (Phi) is 8.31. The third-order valence-corrected chi connectivity index (χ3v) is 5.70. The molecule has 7 heteroatoms. The molecule has 184 valence electrons. The predicted molar refractivity (Wildman–Crippen MR) is 134 cm³/mol. The molecule has 1 aliphatic heterocycles. The normalized spacial score (nSPS) is 15.8. The lowest BCUT2D eigenvalue weighted by atomic mass is 9.92. The first-order valence-corrected chi connectivity index (χ1v) is 11.8. The zero-order chi connectivity index (χ0) is 24.9. The summed E-state index contributed by atoms with van der Waals surface area (Å²) in [6.07, 6.45) is 2.21. The SMILES string of the molecule is CN(C)c1ccc(NC(=O)CC(C)(C)C)cc1CN(CC1CCCO1)C(=O)c1cccc(F)c1. The van der Waals surface area contributed by atoms with Gasteiger partial charge in [0.05, 0.1) is 6.10 Å². The first-order valence-electron chi connectivity index (χ1n) is 11.8. The maximum atomic E-state index is 13.8. The van der Waals surface area contributed by atoms with Crippen molar-refractivity contribution in [3.8, 4) is 0 Å². The molecule has 0 bridgehead atoms. The van der Waals surface area contributed by atoms with E-state index in [-0.39, 0.29) is 23.3 Å². The molecule has 1 aliphatic rings. The van der Waals surface area contributed by atoms with Crippen LogP contribution in [0.25, 0.3) is 0 Å². The quantitative estimate of drug-likeness (QED) is 0.585. The van der Waals surface area contributed by atoms with Crippen molar-refractivity contribution in [2.24, 2.45) is 5.41 Å². The summed E-state index contributed by atoms with van der Waals surface area (Å²) in [6.45, 7) is 7.48. The van der Waals surface area contributed by atoms with E-state index in [1.54, 1.807) is 17.0 Å². The number of benzene rings is 2. The van der Waals surface area contributed by atoms with E-state index in [1.165, 1.54) is 12.1 Å². The number of rotatable bonds is 8. The van der Waals surface area contributed by atoms with Gasteiger partial charge in [0.25, 0.3) is 5.91 Å². The zero-order valence-electron chi connectivity index (χ0n) is 20.9. The maximum absolute atomic E-state index is 13.8. The van der Waals surface area contributed by atoms with Gasteiger partial charge in [0, 0.05) is 57.2 Å². The van der Waals surface area contributed by atoms with Gasteiger partial charge >= 0.3 is 0 Å². The molecule has 0 aromatic heterocycles. The van der Waals surface area contributed by atoms with Gasteiger partial charge < -0.3 is 19.9 Å². The lowest BCUT2D eigenvalue weighted by molar-refractivity contribution is -0.117. The summed E-state index contributed by atoms with van der Waals surface area (Å²) < 4.78 is 19.6. The van der Waals surface area contributed by atoms with Gasteiger partial charge in [-0.1, -0.05) is 26.8 Å². The van der Waals surface area contributed by atoms with E-state index in [0.29, 0.717) is 37.4 Å². The number of anilines is 2. The van der Waals surface area contributed by atoms with Crippen LogP contribution in [0.3, 0.4) is 0 Å². The number of nitrogens with zero attached hydrogens (tertiary/aromatic N) is 2. The van der Waals surface area contributed by atoms with Crippen LogP contribution in [0.2, 0.25) is 0 Å². The van der Waals surface area contributed by atoms with E-state index in [9.17, 15) is 14.0 Å². The summed E-state index contributed by atoms with van der Waals surface area (Å²) in [7, 11) is 3.88. The molecule has 1 fully saturated rings. The van der Waals surface area contributed by atoms with E-state index < -0.39 is 5.82 Å². The van der Waals surface area contributed by atoms with Crippen molar-refractivity contribution in [3.63, 3.8) is 0 Å². The fourth-order valence-electron chi connectivity index (χ4n) is 4.18. The zero-order valence-corrected chi connectivity index (χ0v) is 20.9. The van der Waals surface area contributed by atoms with Gasteiger partial charge in [-0.05, 0) is 60.2 Å². The first-order chi connectivity index (χ1) is 16.0. The van der Waals surface area contributed by atoms with Crippen molar-refractivity contribution >= 4 is 23.2 Å². The summed E-state index contributed by atoms with van der Waals surface area (Å²) in [5, 5.41) is 2.98. The van der Waals surface area contributed by atoms with Crippen molar-refractivity contribution in [2.45, 2.75) is 52.7 Å². The topological polar surface area (TPSA) is 61.9 Å². The Morgan fingerprint density at radius 2 is 1.91 bits per heavy atom. The number of amides is 2. The van der Waals surface area contributed by atoms with Gasteiger partial charge in [0.1, 0.15) is 5.82 Å². The van der Waals surface area contributed by atoms with Gasteiger partial charge in [-0.2, -0.15) is 0 Å². The van der Waals surface area contributed by atoms with Crippen LogP contribution in [0.15, 0.2) is 42.5 Å². The molecular weight excluding hydrogens is 433 g/mol. The third-order valence-electron chi connectivity index (χ3n) is 5.70. The molecule has 3 rings (SSSR count). The van der Waals surface area contributed by atoms with Crippen LogP contribution < -0.4 is 10.2 Å². The van der Waals surface area contributed by atoms with Gasteiger partial charge in [-0.3, -0.25) is 9.59 Å². The molecule has 0 saturated carbocycles. The van der Waals surface area contributed by atoms with Crippen molar-refractivity contribution in [2.75, 3.05) is 37.5 Å². The van der Waals surface area contributed by atoms with Crippen LogP contribution in [0.1, 0.15) is 56.0 Å². The van der Waals surface area contributed by atoms with Crippen molar-refractivity contribution in [1.82, 2.24) is 4.90 Å². The van der Waals surface area contributed by atoms with E-state index in [1.807, 2.05) is 58.0 Å². The summed E-state index contributed by atoms with van der Waals surface area (Å²) in [6, 6.07) is 11.5. The second-order valence-corrected chi connectivity index (χ2v) is 10.4. The number of nitrogens with one attached hydrogen (secondary N) is 1. The van der Waals surface area contributed by atoms with E-state index in [4.69, 9.17) is 4.74 Å². The highest BCUT2D eigenvalue weighted by molar-refractivity contribution is 5.94. The Balaban J connectivity index is 1.89. The lowest BCUT2D eigenvalue weighted by Crippen LogP contribution is -2.37. The Labute approximate surface area is 202 Å². The van der Waals surface area contributed by atoms with E-state index in [2.05, 4.69) is 5.32 Å². The highest BCUT2D eigenvalue weighted by Crippen LogP contribution is 2.27. The molecule has 1 unspecified atom stereocenters. The maximum Gasteiger partial charge on any atom is 0.254 e. The average molecular weight is 470 g/mol.